The molecule has 0 saturated carbocycles. The molecule has 0 bridgehead atoms. The summed E-state index contributed by atoms with van der Waals surface area (Å²) in [5.41, 5.74) is 0. The van der Waals surface area contributed by atoms with Gasteiger partial charge in [0.05, 0.1) is 0 Å². The van der Waals surface area contributed by atoms with Crippen molar-refractivity contribution < 1.29 is 5.11 Å². The zero-order chi connectivity index (χ0) is 9.52. The molecule has 1 aliphatic heterocycles. The van der Waals surface area contributed by atoms with Gasteiger partial charge in [0.2, 0.25) is 0 Å². The lowest BCUT2D eigenvalue weighted by Crippen LogP contribution is -2.44. The van der Waals surface area contributed by atoms with Crippen LogP contribution < -0.4 is 10.6 Å². The van der Waals surface area contributed by atoms with E-state index in [1.807, 2.05) is 0 Å². The van der Waals surface area contributed by atoms with Crippen LogP contribution in [0, 0.1) is 5.92 Å². The summed E-state index contributed by atoms with van der Waals surface area (Å²) in [6.45, 7) is 5.70. The van der Waals surface area contributed by atoms with Gasteiger partial charge >= 0.3 is 0 Å². The summed E-state index contributed by atoms with van der Waals surface area (Å²) in [7, 11) is 0. The number of piperidine rings is 1. The van der Waals surface area contributed by atoms with Gasteiger partial charge in [-0.1, -0.05) is 6.92 Å². The highest BCUT2D eigenvalue weighted by molar-refractivity contribution is 4.80. The van der Waals surface area contributed by atoms with Gasteiger partial charge in [-0.3, -0.25) is 0 Å². The summed E-state index contributed by atoms with van der Waals surface area (Å²) in [4.78, 5) is 0. The van der Waals surface area contributed by atoms with Crippen LogP contribution in [0.3, 0.4) is 0 Å². The highest BCUT2D eigenvalue weighted by Crippen LogP contribution is 2.16. The fourth-order valence-corrected chi connectivity index (χ4v) is 2.13. The van der Waals surface area contributed by atoms with Crippen molar-refractivity contribution in [1.29, 1.82) is 0 Å². The molecule has 1 saturated heterocycles. The standard InChI is InChI=1S/C10H22N2O/c1-2-12-10(5-7-13)9-4-3-6-11-8-9/h9-13H,2-8H2,1H3/t9-,10+/m1/s1. The Morgan fingerprint density at radius 3 is 3.00 bits per heavy atom. The molecular weight excluding hydrogens is 164 g/mol. The first kappa shape index (κ1) is 11.0. The second-order valence-electron chi connectivity index (χ2n) is 3.78. The summed E-state index contributed by atoms with van der Waals surface area (Å²) in [5, 5.41) is 15.8. The molecule has 0 aliphatic carbocycles. The Morgan fingerprint density at radius 2 is 2.46 bits per heavy atom. The van der Waals surface area contributed by atoms with Crippen LogP contribution in [0.5, 0.6) is 0 Å². The van der Waals surface area contributed by atoms with Crippen LogP contribution in [0.2, 0.25) is 0 Å². The van der Waals surface area contributed by atoms with Crippen molar-refractivity contribution in [3.63, 3.8) is 0 Å². The van der Waals surface area contributed by atoms with Crippen LogP contribution in [0.25, 0.3) is 0 Å². The van der Waals surface area contributed by atoms with Crippen molar-refractivity contribution in [2.24, 2.45) is 5.92 Å². The maximum absolute atomic E-state index is 8.93. The molecule has 1 fully saturated rings. The van der Waals surface area contributed by atoms with E-state index in [9.17, 15) is 0 Å². The zero-order valence-corrected chi connectivity index (χ0v) is 8.55. The Hall–Kier alpha value is -0.120. The molecule has 3 N–H and O–H groups in total. The van der Waals surface area contributed by atoms with E-state index in [0.717, 1.165) is 26.1 Å². The lowest BCUT2D eigenvalue weighted by atomic mass is 9.90. The minimum atomic E-state index is 0.300. The number of aliphatic hydroxyl groups is 1. The smallest absolute Gasteiger partial charge is 0.0445 e. The Labute approximate surface area is 80.9 Å². The lowest BCUT2D eigenvalue weighted by molar-refractivity contribution is 0.216. The van der Waals surface area contributed by atoms with Gasteiger partial charge < -0.3 is 15.7 Å². The van der Waals surface area contributed by atoms with Gasteiger partial charge in [-0.05, 0) is 44.8 Å². The van der Waals surface area contributed by atoms with E-state index < -0.39 is 0 Å². The van der Waals surface area contributed by atoms with Crippen LogP contribution in [0.1, 0.15) is 26.2 Å². The highest BCUT2D eigenvalue weighted by Gasteiger charge is 2.21. The van der Waals surface area contributed by atoms with E-state index in [0.29, 0.717) is 18.6 Å². The molecule has 0 radical (unpaired) electrons. The number of aliphatic hydroxyl groups excluding tert-OH is 1. The van der Waals surface area contributed by atoms with Crippen molar-refractivity contribution in [3.05, 3.63) is 0 Å². The van der Waals surface area contributed by atoms with Crippen molar-refractivity contribution >= 4 is 0 Å². The molecule has 0 aromatic heterocycles. The zero-order valence-electron chi connectivity index (χ0n) is 8.55. The number of rotatable bonds is 5. The van der Waals surface area contributed by atoms with Crippen LogP contribution in [-0.4, -0.2) is 37.4 Å². The third kappa shape index (κ3) is 3.63. The number of hydrogen-bond acceptors (Lipinski definition) is 3. The van der Waals surface area contributed by atoms with Gasteiger partial charge in [0.25, 0.3) is 0 Å². The maximum atomic E-state index is 8.93. The Bertz CT molecular complexity index is 118. The van der Waals surface area contributed by atoms with Gasteiger partial charge in [-0.2, -0.15) is 0 Å². The first-order valence-corrected chi connectivity index (χ1v) is 5.43. The van der Waals surface area contributed by atoms with E-state index in [2.05, 4.69) is 17.6 Å². The van der Waals surface area contributed by atoms with Crippen LogP contribution in [0.15, 0.2) is 0 Å². The molecule has 1 rings (SSSR count). The fraction of sp³-hybridized carbons (Fsp3) is 1.00. The Balaban J connectivity index is 2.32. The third-order valence-electron chi connectivity index (χ3n) is 2.81. The molecule has 0 spiro atoms. The Kier molecular flexibility index (Phi) is 5.35. The molecule has 2 atom stereocenters. The predicted molar refractivity (Wildman–Crippen MR) is 54.8 cm³/mol. The van der Waals surface area contributed by atoms with Gasteiger partial charge in [0.15, 0.2) is 0 Å². The molecule has 13 heavy (non-hydrogen) atoms. The van der Waals surface area contributed by atoms with Gasteiger partial charge in [0.1, 0.15) is 0 Å². The first-order valence-electron chi connectivity index (χ1n) is 5.43. The quantitative estimate of drug-likeness (QED) is 0.580. The number of hydrogen-bond donors (Lipinski definition) is 3. The van der Waals surface area contributed by atoms with Crippen LogP contribution in [0.4, 0.5) is 0 Å². The summed E-state index contributed by atoms with van der Waals surface area (Å²) in [5.74, 6) is 0.709. The summed E-state index contributed by atoms with van der Waals surface area (Å²) in [6.07, 6.45) is 3.46. The normalized spacial score (nSPS) is 25.8. The molecule has 1 aliphatic rings. The topological polar surface area (TPSA) is 44.3 Å². The summed E-state index contributed by atoms with van der Waals surface area (Å²) >= 11 is 0. The van der Waals surface area contributed by atoms with Crippen molar-refractivity contribution in [3.8, 4) is 0 Å². The Morgan fingerprint density at radius 1 is 1.62 bits per heavy atom. The molecule has 0 aromatic rings. The van der Waals surface area contributed by atoms with Crippen molar-refractivity contribution in [1.82, 2.24) is 10.6 Å². The second-order valence-corrected chi connectivity index (χ2v) is 3.78. The fourth-order valence-electron chi connectivity index (χ4n) is 2.13. The van der Waals surface area contributed by atoms with E-state index >= 15 is 0 Å². The molecule has 1 heterocycles. The first-order chi connectivity index (χ1) is 6.38. The minimum absolute atomic E-state index is 0.300. The van der Waals surface area contributed by atoms with Crippen molar-refractivity contribution in [2.45, 2.75) is 32.2 Å². The third-order valence-corrected chi connectivity index (χ3v) is 2.81. The van der Waals surface area contributed by atoms with E-state index in [4.69, 9.17) is 5.11 Å². The lowest BCUT2D eigenvalue weighted by Gasteiger charge is -2.31. The summed E-state index contributed by atoms with van der Waals surface area (Å²) in [6, 6.07) is 0.503. The average molecular weight is 186 g/mol. The predicted octanol–water partition coefficient (Wildman–Crippen LogP) is 0.346. The molecule has 0 unspecified atom stereocenters. The van der Waals surface area contributed by atoms with Gasteiger partial charge in [-0.25, -0.2) is 0 Å². The molecule has 0 amide bonds. The molecule has 0 aromatic carbocycles. The second kappa shape index (κ2) is 6.35. The van der Waals surface area contributed by atoms with Gasteiger partial charge in [-0.15, -0.1) is 0 Å². The van der Waals surface area contributed by atoms with E-state index in [-0.39, 0.29) is 0 Å². The SMILES string of the molecule is CCN[C@@H](CCO)[C@@H]1CCCNC1. The number of nitrogens with one attached hydrogen (secondary N) is 2. The van der Waals surface area contributed by atoms with Gasteiger partial charge in [0, 0.05) is 12.6 Å². The maximum Gasteiger partial charge on any atom is 0.0445 e. The largest absolute Gasteiger partial charge is 0.396 e. The monoisotopic (exact) mass is 186 g/mol. The summed E-state index contributed by atoms with van der Waals surface area (Å²) < 4.78 is 0. The molecular formula is C10H22N2O. The average Bonchev–Trinajstić information content (AvgIpc) is 2.19. The minimum Gasteiger partial charge on any atom is -0.396 e. The van der Waals surface area contributed by atoms with Crippen molar-refractivity contribution in [2.75, 3.05) is 26.2 Å². The van der Waals surface area contributed by atoms with E-state index in [1.165, 1.54) is 12.8 Å². The molecule has 3 heteroatoms. The highest BCUT2D eigenvalue weighted by atomic mass is 16.3. The van der Waals surface area contributed by atoms with Crippen LogP contribution >= 0.6 is 0 Å². The van der Waals surface area contributed by atoms with Crippen LogP contribution in [-0.2, 0) is 0 Å². The molecule has 3 nitrogen and oxygen atoms in total. The molecule has 78 valence electrons. The van der Waals surface area contributed by atoms with E-state index in [1.54, 1.807) is 0 Å².